The first kappa shape index (κ1) is 9.50. The molecule has 0 amide bonds. The van der Waals surface area contributed by atoms with Gasteiger partial charge in [0.25, 0.3) is 0 Å². The average Bonchev–Trinajstić information content (AvgIpc) is 2.03. The molecule has 0 aromatic carbocycles. The zero-order valence-corrected chi connectivity index (χ0v) is 8.42. The summed E-state index contributed by atoms with van der Waals surface area (Å²) >= 11 is 0. The first-order chi connectivity index (χ1) is 5.42. The van der Waals surface area contributed by atoms with Crippen LogP contribution in [0.1, 0.15) is 34.1 Å². The van der Waals surface area contributed by atoms with Crippen molar-refractivity contribution < 1.29 is 4.79 Å². The summed E-state index contributed by atoms with van der Waals surface area (Å²) in [5.74, 6) is 1.000. The third-order valence-electron chi connectivity index (χ3n) is 2.78. The summed E-state index contributed by atoms with van der Waals surface area (Å²) in [6.45, 7) is 8.37. The second-order valence-electron chi connectivity index (χ2n) is 4.64. The molecule has 0 bridgehead atoms. The Bertz CT molecular complexity index is 213. The van der Waals surface area contributed by atoms with Gasteiger partial charge in [0.05, 0.1) is 0 Å². The summed E-state index contributed by atoms with van der Waals surface area (Å²) in [7, 11) is 0. The van der Waals surface area contributed by atoms with Crippen LogP contribution in [0, 0.1) is 17.3 Å². The van der Waals surface area contributed by atoms with E-state index >= 15 is 0 Å². The monoisotopic (exact) mass is 166 g/mol. The molecule has 2 atom stereocenters. The number of ketones is 1. The summed E-state index contributed by atoms with van der Waals surface area (Å²) in [4.78, 5) is 11.6. The Morgan fingerprint density at radius 1 is 1.42 bits per heavy atom. The summed E-state index contributed by atoms with van der Waals surface area (Å²) in [6, 6.07) is 0. The Morgan fingerprint density at radius 2 is 2.00 bits per heavy atom. The Hall–Kier alpha value is -0.590. The van der Waals surface area contributed by atoms with Crippen molar-refractivity contribution in [3.8, 4) is 0 Å². The number of hydrogen-bond acceptors (Lipinski definition) is 1. The standard InChI is InChI=1S/C11H18O/c1-8-5-6-11(3,4)7-10(12)9(8)2/h5-6,8-9H,7H2,1-4H3. The van der Waals surface area contributed by atoms with Crippen molar-refractivity contribution in [3.63, 3.8) is 0 Å². The van der Waals surface area contributed by atoms with Crippen molar-refractivity contribution in [1.29, 1.82) is 0 Å². The van der Waals surface area contributed by atoms with Crippen LogP contribution in [0.2, 0.25) is 0 Å². The van der Waals surface area contributed by atoms with Crippen LogP contribution in [0.15, 0.2) is 12.2 Å². The molecule has 0 aromatic heterocycles. The molecule has 12 heavy (non-hydrogen) atoms. The molecule has 0 heterocycles. The molecule has 0 fully saturated rings. The van der Waals surface area contributed by atoms with Crippen LogP contribution in [-0.2, 0) is 4.79 Å². The van der Waals surface area contributed by atoms with Crippen molar-refractivity contribution in [2.75, 3.05) is 0 Å². The molecule has 0 saturated carbocycles. The highest BCUT2D eigenvalue weighted by molar-refractivity contribution is 5.82. The van der Waals surface area contributed by atoms with E-state index < -0.39 is 0 Å². The number of Topliss-reactive ketones (excluding diaryl/α,β-unsaturated/α-hetero) is 1. The minimum atomic E-state index is 0.0656. The lowest BCUT2D eigenvalue weighted by atomic mass is 9.85. The van der Waals surface area contributed by atoms with Crippen molar-refractivity contribution in [3.05, 3.63) is 12.2 Å². The maximum atomic E-state index is 11.6. The van der Waals surface area contributed by atoms with E-state index in [1.807, 2.05) is 6.92 Å². The lowest BCUT2D eigenvalue weighted by Gasteiger charge is -2.18. The predicted molar refractivity (Wildman–Crippen MR) is 50.9 cm³/mol. The van der Waals surface area contributed by atoms with Gasteiger partial charge >= 0.3 is 0 Å². The minimum Gasteiger partial charge on any atom is -0.299 e. The molecule has 0 N–H and O–H groups in total. The van der Waals surface area contributed by atoms with Gasteiger partial charge in [0, 0.05) is 12.3 Å². The summed E-state index contributed by atoms with van der Waals surface area (Å²) in [5.41, 5.74) is 0.0656. The maximum absolute atomic E-state index is 11.6. The maximum Gasteiger partial charge on any atom is 0.137 e. The van der Waals surface area contributed by atoms with Crippen LogP contribution in [0.5, 0.6) is 0 Å². The predicted octanol–water partition coefficient (Wildman–Crippen LogP) is 2.81. The summed E-state index contributed by atoms with van der Waals surface area (Å²) in [5, 5.41) is 0. The van der Waals surface area contributed by atoms with E-state index in [0.29, 0.717) is 18.1 Å². The van der Waals surface area contributed by atoms with Crippen molar-refractivity contribution >= 4 is 5.78 Å². The van der Waals surface area contributed by atoms with Gasteiger partial charge in [-0.25, -0.2) is 0 Å². The Kier molecular flexibility index (Phi) is 2.41. The molecule has 0 saturated heterocycles. The third kappa shape index (κ3) is 1.96. The van der Waals surface area contributed by atoms with Gasteiger partial charge in [-0.1, -0.05) is 39.8 Å². The molecular formula is C11H18O. The number of rotatable bonds is 0. The van der Waals surface area contributed by atoms with E-state index in [4.69, 9.17) is 0 Å². The van der Waals surface area contributed by atoms with E-state index in [1.54, 1.807) is 0 Å². The number of carbonyl (C=O) groups excluding carboxylic acids is 1. The fourth-order valence-electron chi connectivity index (χ4n) is 1.54. The van der Waals surface area contributed by atoms with Crippen LogP contribution in [0.4, 0.5) is 0 Å². The molecule has 0 aromatic rings. The van der Waals surface area contributed by atoms with Gasteiger partial charge in [-0.3, -0.25) is 4.79 Å². The van der Waals surface area contributed by atoms with E-state index in [-0.39, 0.29) is 11.3 Å². The molecule has 1 rings (SSSR count). The molecule has 1 aliphatic rings. The lowest BCUT2D eigenvalue weighted by Crippen LogP contribution is -2.19. The first-order valence-electron chi connectivity index (χ1n) is 4.64. The molecule has 1 aliphatic carbocycles. The van der Waals surface area contributed by atoms with Crippen LogP contribution >= 0.6 is 0 Å². The Labute approximate surface area is 74.9 Å². The second kappa shape index (κ2) is 3.04. The highest BCUT2D eigenvalue weighted by atomic mass is 16.1. The van der Waals surface area contributed by atoms with Crippen molar-refractivity contribution in [2.45, 2.75) is 34.1 Å². The summed E-state index contributed by atoms with van der Waals surface area (Å²) in [6.07, 6.45) is 5.05. The quantitative estimate of drug-likeness (QED) is 0.506. The molecule has 68 valence electrons. The first-order valence-corrected chi connectivity index (χ1v) is 4.64. The van der Waals surface area contributed by atoms with Gasteiger partial charge < -0.3 is 0 Å². The van der Waals surface area contributed by atoms with E-state index in [9.17, 15) is 4.79 Å². The van der Waals surface area contributed by atoms with Crippen LogP contribution in [0.3, 0.4) is 0 Å². The van der Waals surface area contributed by atoms with Crippen molar-refractivity contribution in [2.24, 2.45) is 17.3 Å². The molecular weight excluding hydrogens is 148 g/mol. The zero-order valence-electron chi connectivity index (χ0n) is 8.42. The number of carbonyl (C=O) groups is 1. The molecule has 2 unspecified atom stereocenters. The highest BCUT2D eigenvalue weighted by Crippen LogP contribution is 2.31. The normalized spacial score (nSPS) is 34.8. The van der Waals surface area contributed by atoms with E-state index in [0.717, 1.165) is 0 Å². The van der Waals surface area contributed by atoms with Crippen LogP contribution < -0.4 is 0 Å². The van der Waals surface area contributed by atoms with Crippen molar-refractivity contribution in [1.82, 2.24) is 0 Å². The zero-order chi connectivity index (χ0) is 9.35. The number of allylic oxidation sites excluding steroid dienone is 2. The Morgan fingerprint density at radius 3 is 2.58 bits per heavy atom. The van der Waals surface area contributed by atoms with Gasteiger partial charge in [0.1, 0.15) is 5.78 Å². The van der Waals surface area contributed by atoms with Gasteiger partial charge in [-0.2, -0.15) is 0 Å². The fourth-order valence-corrected chi connectivity index (χ4v) is 1.54. The summed E-state index contributed by atoms with van der Waals surface area (Å²) < 4.78 is 0. The largest absolute Gasteiger partial charge is 0.299 e. The molecule has 0 radical (unpaired) electrons. The third-order valence-corrected chi connectivity index (χ3v) is 2.78. The van der Waals surface area contributed by atoms with E-state index in [2.05, 4.69) is 32.9 Å². The number of hydrogen-bond donors (Lipinski definition) is 0. The van der Waals surface area contributed by atoms with E-state index in [1.165, 1.54) is 0 Å². The van der Waals surface area contributed by atoms with Crippen LogP contribution in [-0.4, -0.2) is 5.78 Å². The average molecular weight is 166 g/mol. The molecule has 1 heteroatoms. The van der Waals surface area contributed by atoms with Gasteiger partial charge in [0.15, 0.2) is 0 Å². The van der Waals surface area contributed by atoms with Gasteiger partial charge in [0.2, 0.25) is 0 Å². The molecule has 0 aliphatic heterocycles. The second-order valence-corrected chi connectivity index (χ2v) is 4.64. The highest BCUT2D eigenvalue weighted by Gasteiger charge is 2.28. The Balaban J connectivity index is 2.86. The molecule has 0 spiro atoms. The van der Waals surface area contributed by atoms with Gasteiger partial charge in [-0.15, -0.1) is 0 Å². The fraction of sp³-hybridized carbons (Fsp3) is 0.727. The molecule has 1 nitrogen and oxygen atoms in total. The van der Waals surface area contributed by atoms with Gasteiger partial charge in [-0.05, 0) is 11.3 Å². The SMILES string of the molecule is CC1C=CC(C)(C)CC(=O)C1C. The minimum absolute atomic E-state index is 0.0656. The smallest absolute Gasteiger partial charge is 0.137 e. The lowest BCUT2D eigenvalue weighted by molar-refractivity contribution is -0.124. The van der Waals surface area contributed by atoms with Crippen LogP contribution in [0.25, 0.3) is 0 Å². The topological polar surface area (TPSA) is 17.1 Å².